The summed E-state index contributed by atoms with van der Waals surface area (Å²) >= 11 is 12.9. The van der Waals surface area contributed by atoms with E-state index in [1.54, 1.807) is 0 Å². The van der Waals surface area contributed by atoms with Crippen LogP contribution < -0.4 is 9.80 Å². The van der Waals surface area contributed by atoms with Gasteiger partial charge in [0.25, 0.3) is 0 Å². The fourth-order valence-corrected chi connectivity index (χ4v) is 14.6. The van der Waals surface area contributed by atoms with Crippen LogP contribution in [-0.4, -0.2) is 21.1 Å². The lowest BCUT2D eigenvalue weighted by Crippen LogP contribution is -2.46. The summed E-state index contributed by atoms with van der Waals surface area (Å²) in [5.74, 6) is 6.26. The maximum atomic E-state index is 6.47. The van der Waals surface area contributed by atoms with E-state index in [0.717, 1.165) is 11.8 Å². The Morgan fingerprint density at radius 2 is 0.759 bits per heavy atom. The van der Waals surface area contributed by atoms with Crippen LogP contribution in [0, 0.1) is 46.3 Å². The average Bonchev–Trinajstić information content (AvgIpc) is 3.42. The van der Waals surface area contributed by atoms with Gasteiger partial charge in [-0.15, -0.1) is 0 Å². The highest BCUT2D eigenvalue weighted by Crippen LogP contribution is 2.61. The monoisotopic (exact) mass is 827 g/mol. The lowest BCUT2D eigenvalue weighted by molar-refractivity contribution is 0.0864. The molecule has 2 aromatic carbocycles. The summed E-state index contributed by atoms with van der Waals surface area (Å²) in [5, 5.41) is 0. The molecule has 2 spiro atoms. The van der Waals surface area contributed by atoms with Crippen molar-refractivity contribution in [1.29, 1.82) is 0 Å². The van der Waals surface area contributed by atoms with Gasteiger partial charge in [0.2, 0.25) is 0 Å². The van der Waals surface area contributed by atoms with Crippen molar-refractivity contribution in [2.45, 2.75) is 211 Å². The number of anilines is 2. The van der Waals surface area contributed by atoms with Gasteiger partial charge in [0.15, 0.2) is 0 Å². The van der Waals surface area contributed by atoms with Crippen molar-refractivity contribution in [3.05, 3.63) is 58.7 Å². The summed E-state index contributed by atoms with van der Waals surface area (Å²) in [4.78, 5) is 7.73. The van der Waals surface area contributed by atoms with E-state index in [0.29, 0.717) is 47.3 Å². The Labute approximate surface area is 369 Å². The number of thiocarbonyl (C=S) groups is 2. The molecule has 4 aliphatic rings. The quantitative estimate of drug-likeness (QED) is 0.245. The average molecular weight is 827 g/mol. The van der Waals surface area contributed by atoms with E-state index in [-0.39, 0.29) is 21.9 Å². The smallest absolute Gasteiger partial charge is 0.0895 e. The lowest BCUT2D eigenvalue weighted by Gasteiger charge is -2.46. The van der Waals surface area contributed by atoms with Crippen molar-refractivity contribution in [3.8, 4) is 0 Å². The van der Waals surface area contributed by atoms with Crippen LogP contribution in [0.4, 0.5) is 11.4 Å². The summed E-state index contributed by atoms with van der Waals surface area (Å²) in [6, 6.07) is 13.8. The van der Waals surface area contributed by atoms with Gasteiger partial charge in [-0.2, -0.15) is 0 Å². The van der Waals surface area contributed by atoms with E-state index in [9.17, 15) is 0 Å². The lowest BCUT2D eigenvalue weighted by atomic mass is 9.58. The molecule has 324 valence electrons. The Kier molecular flexibility index (Phi) is 14.3. The predicted octanol–water partition coefficient (Wildman–Crippen LogP) is 16.7. The van der Waals surface area contributed by atoms with Gasteiger partial charge in [-0.1, -0.05) is 171 Å². The van der Waals surface area contributed by atoms with Crippen molar-refractivity contribution in [2.24, 2.45) is 46.3 Å². The van der Waals surface area contributed by atoms with Gasteiger partial charge in [0.05, 0.1) is 9.98 Å². The van der Waals surface area contributed by atoms with Crippen molar-refractivity contribution >= 4 is 45.8 Å². The van der Waals surface area contributed by atoms with E-state index in [1.807, 2.05) is 0 Å². The van der Waals surface area contributed by atoms with E-state index in [1.165, 1.54) is 95.0 Å². The molecule has 0 radical (unpaired) electrons. The number of benzene rings is 2. The summed E-state index contributed by atoms with van der Waals surface area (Å²) in [6.45, 7) is 42.9. The Hall–Kier alpha value is -1.78. The molecule has 2 saturated heterocycles. The van der Waals surface area contributed by atoms with Crippen LogP contribution in [0.5, 0.6) is 0 Å². The number of hydrogen-bond acceptors (Lipinski definition) is 2. The first-order valence-corrected chi connectivity index (χ1v) is 24.6. The predicted molar refractivity (Wildman–Crippen MR) is 264 cm³/mol. The maximum Gasteiger partial charge on any atom is 0.0895 e. The molecule has 0 bridgehead atoms. The summed E-state index contributed by atoms with van der Waals surface area (Å²) < 4.78 is 0. The standard InChI is InChI=1S/2C27H43NS/c2*1-17(2)21-11-10-12-22(18(3)4)24(21)28-25(29)27(16-26(28,8)9)15-20(7)13-14-23(27)19(5)6/h2*10-12,17-20,23H,13-16H2,1-9H3/t2*20-,23+,27-/m11/s1. The molecule has 0 unspecified atom stereocenters. The summed E-state index contributed by atoms with van der Waals surface area (Å²) in [6.07, 6.45) is 10.3. The zero-order valence-corrected chi connectivity index (χ0v) is 42.2. The van der Waals surface area contributed by atoms with Gasteiger partial charge in [-0.25, -0.2) is 0 Å². The first kappa shape index (κ1) is 47.3. The largest absolute Gasteiger partial charge is 0.329 e. The van der Waals surface area contributed by atoms with Gasteiger partial charge >= 0.3 is 0 Å². The van der Waals surface area contributed by atoms with Crippen molar-refractivity contribution in [1.82, 2.24) is 0 Å². The third-order valence-corrected chi connectivity index (χ3v) is 16.7. The zero-order chi connectivity index (χ0) is 43.4. The van der Waals surface area contributed by atoms with Crippen LogP contribution >= 0.6 is 24.4 Å². The number of rotatable bonds is 8. The molecule has 0 aromatic heterocycles. The molecule has 2 aromatic rings. The fraction of sp³-hybridized carbons (Fsp3) is 0.741. The molecule has 58 heavy (non-hydrogen) atoms. The Morgan fingerprint density at radius 3 is 1.00 bits per heavy atom. The molecule has 0 amide bonds. The highest BCUT2D eigenvalue weighted by Gasteiger charge is 2.60. The van der Waals surface area contributed by atoms with Gasteiger partial charge in [-0.3, -0.25) is 0 Å². The Balaban J connectivity index is 0.000000221. The van der Waals surface area contributed by atoms with Gasteiger partial charge in [-0.05, 0) is 148 Å². The summed E-state index contributed by atoms with van der Waals surface area (Å²) in [7, 11) is 0. The zero-order valence-electron chi connectivity index (χ0n) is 40.6. The summed E-state index contributed by atoms with van der Waals surface area (Å²) in [5.41, 5.74) is 9.09. The molecule has 6 atom stereocenters. The van der Waals surface area contributed by atoms with E-state index in [4.69, 9.17) is 24.4 Å². The van der Waals surface area contributed by atoms with Crippen molar-refractivity contribution in [3.63, 3.8) is 0 Å². The van der Waals surface area contributed by atoms with Crippen LogP contribution in [0.3, 0.4) is 0 Å². The molecule has 2 aliphatic carbocycles. The second-order valence-electron chi connectivity index (χ2n) is 23.2. The third kappa shape index (κ3) is 8.52. The minimum Gasteiger partial charge on any atom is -0.329 e. The molecule has 2 nitrogen and oxygen atoms in total. The molecule has 6 rings (SSSR count). The highest BCUT2D eigenvalue weighted by molar-refractivity contribution is 7.81. The molecule has 2 aliphatic heterocycles. The molecular formula is C54H86N2S2. The molecule has 4 heteroatoms. The highest BCUT2D eigenvalue weighted by atomic mass is 32.1. The van der Waals surface area contributed by atoms with E-state index < -0.39 is 0 Å². The van der Waals surface area contributed by atoms with Crippen molar-refractivity contribution in [2.75, 3.05) is 9.80 Å². The first-order valence-electron chi connectivity index (χ1n) is 23.8. The molecule has 4 fully saturated rings. The third-order valence-electron chi connectivity index (χ3n) is 15.5. The molecule has 0 N–H and O–H groups in total. The maximum absolute atomic E-state index is 6.47. The minimum atomic E-state index is 0.0515. The molecule has 2 heterocycles. The first-order chi connectivity index (χ1) is 26.8. The molecule has 2 saturated carbocycles. The fourth-order valence-electron chi connectivity index (χ4n) is 13.3. The number of hydrogen-bond donors (Lipinski definition) is 0. The van der Waals surface area contributed by atoms with Crippen LogP contribution in [0.2, 0.25) is 0 Å². The van der Waals surface area contributed by atoms with Crippen molar-refractivity contribution < 1.29 is 0 Å². The van der Waals surface area contributed by atoms with Gasteiger partial charge < -0.3 is 9.80 Å². The second kappa shape index (κ2) is 17.5. The van der Waals surface area contributed by atoms with Gasteiger partial charge in [0.1, 0.15) is 0 Å². The van der Waals surface area contributed by atoms with Crippen LogP contribution in [0.1, 0.15) is 222 Å². The topological polar surface area (TPSA) is 6.48 Å². The molecular weight excluding hydrogens is 741 g/mol. The SMILES string of the molecule is CC(C)c1cccc(C(C)C)c1N1C(=S)[C@]2(C[C@H](C)CC[C@H]2C(C)C)CC1(C)C.CC(C)c1cccc(C(C)C)c1N1C(=S)[C@]2(C[C@H](C)CC[C@H]2C(C)C)CC1(C)C. The van der Waals surface area contributed by atoms with E-state index >= 15 is 0 Å². The van der Waals surface area contributed by atoms with E-state index in [2.05, 4.69) is 171 Å². The van der Waals surface area contributed by atoms with Gasteiger partial charge in [0, 0.05) is 33.3 Å². The van der Waals surface area contributed by atoms with Crippen LogP contribution in [0.15, 0.2) is 36.4 Å². The minimum absolute atomic E-state index is 0.0515. The number of nitrogens with zero attached hydrogens (tertiary/aromatic N) is 2. The number of para-hydroxylation sites is 2. The normalized spacial score (nSPS) is 29.7. The second-order valence-corrected chi connectivity index (χ2v) is 24.0. The van der Waals surface area contributed by atoms with Crippen LogP contribution in [0.25, 0.3) is 0 Å². The van der Waals surface area contributed by atoms with Crippen LogP contribution in [-0.2, 0) is 0 Å². The Morgan fingerprint density at radius 1 is 0.483 bits per heavy atom. The Bertz CT molecular complexity index is 1600.